The number of rotatable bonds is 13. The van der Waals surface area contributed by atoms with E-state index in [0.29, 0.717) is 9.25 Å². The minimum atomic E-state index is -5.06. The average molecular weight is 622 g/mol. The number of benzene rings is 2. The summed E-state index contributed by atoms with van der Waals surface area (Å²) in [6, 6.07) is 9.62. The van der Waals surface area contributed by atoms with Gasteiger partial charge in [0.05, 0.1) is 12.1 Å². The van der Waals surface area contributed by atoms with E-state index in [0.717, 1.165) is 18.2 Å². The van der Waals surface area contributed by atoms with Gasteiger partial charge >= 0.3 is 18.0 Å². The van der Waals surface area contributed by atoms with E-state index in [1.165, 1.54) is 30.3 Å². The van der Waals surface area contributed by atoms with E-state index in [9.17, 15) is 45.8 Å². The van der Waals surface area contributed by atoms with E-state index < -0.39 is 66.7 Å². The van der Waals surface area contributed by atoms with Crippen molar-refractivity contribution in [3.63, 3.8) is 0 Å². The number of ketones is 2. The van der Waals surface area contributed by atoms with Crippen LogP contribution in [0.2, 0.25) is 5.02 Å². The molecule has 0 aliphatic heterocycles. The fourth-order valence-electron chi connectivity index (χ4n) is 4.23. The molecule has 8 nitrogen and oxygen atoms in total. The minimum absolute atomic E-state index is 0.0450. The average Bonchev–Trinajstić information content (AvgIpc) is 3.21. The van der Waals surface area contributed by atoms with Gasteiger partial charge in [-0.25, -0.2) is 9.48 Å². The molecule has 15 heteroatoms. The Kier molecular flexibility index (Phi) is 10.7. The number of hydrogen-bond donors (Lipinski definition) is 2. The lowest BCUT2D eigenvalue weighted by atomic mass is 9.87. The van der Waals surface area contributed by atoms with Crippen LogP contribution in [0.4, 0.5) is 26.3 Å². The molecule has 0 amide bonds. The summed E-state index contributed by atoms with van der Waals surface area (Å²) in [6.45, 7) is -2.28. The van der Waals surface area contributed by atoms with Crippen LogP contribution in [0.15, 0.2) is 53.3 Å². The van der Waals surface area contributed by atoms with E-state index in [2.05, 4.69) is 5.10 Å². The molecule has 0 saturated carbocycles. The number of hydrogen-bond acceptors (Lipinski definition) is 6. The second-order valence-electron chi connectivity index (χ2n) is 9.57. The zero-order valence-corrected chi connectivity index (χ0v) is 22.6. The number of carbonyl (C=O) groups is 2. The van der Waals surface area contributed by atoms with Crippen molar-refractivity contribution in [2.24, 2.45) is 0 Å². The highest BCUT2D eigenvalue weighted by Crippen LogP contribution is 2.33. The summed E-state index contributed by atoms with van der Waals surface area (Å²) < 4.78 is 80.3. The van der Waals surface area contributed by atoms with Crippen molar-refractivity contribution in [3.05, 3.63) is 75.2 Å². The van der Waals surface area contributed by atoms with Crippen LogP contribution in [0.1, 0.15) is 42.7 Å². The first-order valence-corrected chi connectivity index (χ1v) is 13.0. The Morgan fingerprint density at radius 2 is 1.62 bits per heavy atom. The number of aliphatic hydroxyl groups is 2. The number of aliphatic hydroxyl groups excluding tert-OH is 2. The third kappa shape index (κ3) is 8.76. The molecule has 3 rings (SSSR count). The molecule has 0 saturated heterocycles. The number of carbonyl (C=O) groups excluding carboxylic acids is 2. The third-order valence-electron chi connectivity index (χ3n) is 6.33. The van der Waals surface area contributed by atoms with Gasteiger partial charge in [-0.1, -0.05) is 29.8 Å². The highest BCUT2D eigenvalue weighted by molar-refractivity contribution is 6.30. The standard InChI is InChI=1S/C27H26ClF6N3O5/c28-20-8-6-16(7-9-20)24-35-37(25(42)36(24)15-23(41)27(32,33)34)14-22(40)13-18(12-21(39)5-2-10-38)17-3-1-4-19(11-17)26(29,30)31/h1,3-4,6-9,11,18,23,38,41H,2,5,10,12-15H2/t18-,23+/m1/s1. The SMILES string of the molecule is O=C(CCCO)C[C@H](CC(=O)Cn1nc(-c2ccc(Cl)cc2)n(C[C@H](O)C(F)(F)F)c1=O)c1cccc(C(F)(F)F)c1. The Morgan fingerprint density at radius 1 is 0.976 bits per heavy atom. The van der Waals surface area contributed by atoms with Gasteiger partial charge in [0.15, 0.2) is 17.7 Å². The zero-order chi connectivity index (χ0) is 31.2. The molecule has 2 N–H and O–H groups in total. The van der Waals surface area contributed by atoms with Crippen LogP contribution >= 0.6 is 11.6 Å². The van der Waals surface area contributed by atoms with Gasteiger partial charge in [0.1, 0.15) is 12.3 Å². The molecule has 0 aliphatic carbocycles. The van der Waals surface area contributed by atoms with Gasteiger partial charge in [0.25, 0.3) is 0 Å². The van der Waals surface area contributed by atoms with E-state index in [-0.39, 0.29) is 47.8 Å². The maximum Gasteiger partial charge on any atom is 0.416 e. The van der Waals surface area contributed by atoms with Gasteiger partial charge in [-0.3, -0.25) is 14.2 Å². The number of halogens is 7. The minimum Gasteiger partial charge on any atom is -0.396 e. The van der Waals surface area contributed by atoms with Gasteiger partial charge in [-0.05, 0) is 48.2 Å². The number of aromatic nitrogens is 3. The summed E-state index contributed by atoms with van der Waals surface area (Å²) in [5.41, 5.74) is -1.94. The van der Waals surface area contributed by atoms with E-state index in [1.807, 2.05) is 0 Å². The molecule has 0 bridgehead atoms. The summed E-state index contributed by atoms with van der Waals surface area (Å²) >= 11 is 5.86. The molecule has 0 radical (unpaired) electrons. The molecular formula is C27H26ClF6N3O5. The normalized spacial score (nSPS) is 13.6. The number of nitrogens with zero attached hydrogens (tertiary/aromatic N) is 3. The van der Waals surface area contributed by atoms with Crippen LogP contribution in [0.25, 0.3) is 11.4 Å². The fraction of sp³-hybridized carbons (Fsp3) is 0.407. The highest BCUT2D eigenvalue weighted by Gasteiger charge is 2.39. The van der Waals surface area contributed by atoms with Gasteiger partial charge in [0, 0.05) is 36.5 Å². The Morgan fingerprint density at radius 3 is 2.21 bits per heavy atom. The predicted molar refractivity (Wildman–Crippen MR) is 139 cm³/mol. The summed E-state index contributed by atoms with van der Waals surface area (Å²) in [6.07, 6.45) is -13.5. The topological polar surface area (TPSA) is 114 Å². The molecular weight excluding hydrogens is 596 g/mol. The molecule has 2 atom stereocenters. The molecule has 0 fully saturated rings. The monoisotopic (exact) mass is 621 g/mol. The van der Waals surface area contributed by atoms with Gasteiger partial charge < -0.3 is 10.2 Å². The van der Waals surface area contributed by atoms with E-state index in [1.54, 1.807) is 0 Å². The van der Waals surface area contributed by atoms with Crippen molar-refractivity contribution < 1.29 is 46.1 Å². The van der Waals surface area contributed by atoms with Crippen molar-refractivity contribution >= 4 is 23.2 Å². The second-order valence-corrected chi connectivity index (χ2v) is 10.0. The molecule has 3 aromatic rings. The lowest BCUT2D eigenvalue weighted by Crippen LogP contribution is -2.37. The van der Waals surface area contributed by atoms with E-state index >= 15 is 0 Å². The molecule has 2 aromatic carbocycles. The number of alkyl halides is 6. The van der Waals surface area contributed by atoms with Crippen molar-refractivity contribution in [1.29, 1.82) is 0 Å². The first-order chi connectivity index (χ1) is 19.6. The van der Waals surface area contributed by atoms with Crippen molar-refractivity contribution in [2.75, 3.05) is 6.61 Å². The summed E-state index contributed by atoms with van der Waals surface area (Å²) in [4.78, 5) is 38.6. The van der Waals surface area contributed by atoms with Crippen LogP contribution in [0, 0.1) is 0 Å². The Hall–Kier alpha value is -3.49. The van der Waals surface area contributed by atoms with Crippen LogP contribution < -0.4 is 5.69 Å². The molecule has 1 heterocycles. The Labute approximate surface area is 240 Å². The summed E-state index contributed by atoms with van der Waals surface area (Å²) in [7, 11) is 0. The molecule has 42 heavy (non-hydrogen) atoms. The quantitative estimate of drug-likeness (QED) is 0.266. The predicted octanol–water partition coefficient (Wildman–Crippen LogP) is 4.78. The first-order valence-electron chi connectivity index (χ1n) is 12.6. The molecule has 0 unspecified atom stereocenters. The van der Waals surface area contributed by atoms with Gasteiger partial charge in [-0.15, -0.1) is 5.10 Å². The molecule has 0 spiro atoms. The van der Waals surface area contributed by atoms with Crippen molar-refractivity contribution in [1.82, 2.24) is 14.3 Å². The Balaban J connectivity index is 1.94. The van der Waals surface area contributed by atoms with Crippen molar-refractivity contribution in [3.8, 4) is 11.4 Å². The Bertz CT molecular complexity index is 1450. The van der Waals surface area contributed by atoms with Crippen LogP contribution in [0.3, 0.4) is 0 Å². The molecule has 0 aliphatic rings. The zero-order valence-electron chi connectivity index (χ0n) is 21.8. The van der Waals surface area contributed by atoms with Crippen molar-refractivity contribution in [2.45, 2.75) is 63.1 Å². The summed E-state index contributed by atoms with van der Waals surface area (Å²) in [5, 5.41) is 22.9. The second kappa shape index (κ2) is 13.7. The van der Waals surface area contributed by atoms with Crippen LogP contribution in [-0.2, 0) is 28.9 Å². The lowest BCUT2D eigenvalue weighted by Gasteiger charge is -2.18. The largest absolute Gasteiger partial charge is 0.416 e. The molecule has 1 aromatic heterocycles. The van der Waals surface area contributed by atoms with Crippen LogP contribution in [-0.4, -0.2) is 55.0 Å². The first kappa shape index (κ1) is 33.0. The maximum atomic E-state index is 13.3. The summed E-state index contributed by atoms with van der Waals surface area (Å²) in [5.74, 6) is -2.46. The smallest absolute Gasteiger partial charge is 0.396 e. The lowest BCUT2D eigenvalue weighted by molar-refractivity contribution is -0.207. The number of Topliss-reactive ketones (excluding diaryl/α,β-unsaturated/α-hetero) is 2. The van der Waals surface area contributed by atoms with Gasteiger partial charge in [0.2, 0.25) is 0 Å². The highest BCUT2D eigenvalue weighted by atomic mass is 35.5. The van der Waals surface area contributed by atoms with Crippen LogP contribution in [0.5, 0.6) is 0 Å². The fourth-order valence-corrected chi connectivity index (χ4v) is 4.36. The third-order valence-corrected chi connectivity index (χ3v) is 6.58. The van der Waals surface area contributed by atoms with E-state index in [4.69, 9.17) is 16.7 Å². The molecule has 228 valence electrons. The van der Waals surface area contributed by atoms with Gasteiger partial charge in [-0.2, -0.15) is 26.3 Å². The maximum absolute atomic E-state index is 13.3.